The fourth-order valence-electron chi connectivity index (χ4n) is 2.42. The van der Waals surface area contributed by atoms with Gasteiger partial charge in [0.05, 0.1) is 6.10 Å². The second-order valence-electron chi connectivity index (χ2n) is 5.20. The highest BCUT2D eigenvalue weighted by Gasteiger charge is 2.20. The molecule has 0 aromatic rings. The Hall–Kier alpha value is -0.0800. The summed E-state index contributed by atoms with van der Waals surface area (Å²) in [7, 11) is 0. The van der Waals surface area contributed by atoms with Gasteiger partial charge in [-0.1, -0.05) is 13.8 Å². The predicted molar refractivity (Wildman–Crippen MR) is 60.3 cm³/mol. The van der Waals surface area contributed by atoms with E-state index < -0.39 is 0 Å². The Bertz CT molecular complexity index is 150. The summed E-state index contributed by atoms with van der Waals surface area (Å²) >= 11 is 0. The van der Waals surface area contributed by atoms with Crippen LogP contribution in [0.25, 0.3) is 0 Å². The number of nitrogens with one attached hydrogen (secondary N) is 1. The second-order valence-corrected chi connectivity index (χ2v) is 5.20. The molecule has 0 aromatic heterocycles. The van der Waals surface area contributed by atoms with E-state index in [4.69, 9.17) is 0 Å². The number of aliphatic hydroxyl groups is 1. The molecule has 0 heterocycles. The lowest BCUT2D eigenvalue weighted by Gasteiger charge is -2.29. The van der Waals surface area contributed by atoms with Gasteiger partial charge in [-0.3, -0.25) is 0 Å². The summed E-state index contributed by atoms with van der Waals surface area (Å²) in [5.74, 6) is 0.770. The second kappa shape index (κ2) is 5.72. The summed E-state index contributed by atoms with van der Waals surface area (Å²) < 4.78 is 0. The molecule has 1 saturated carbocycles. The Morgan fingerprint density at radius 2 is 1.71 bits per heavy atom. The first kappa shape index (κ1) is 12.0. The minimum atomic E-state index is -0.0338. The van der Waals surface area contributed by atoms with Crippen LogP contribution in [0.3, 0.4) is 0 Å². The summed E-state index contributed by atoms with van der Waals surface area (Å²) in [6.45, 7) is 6.80. The fourth-order valence-corrected chi connectivity index (χ4v) is 2.42. The van der Waals surface area contributed by atoms with Gasteiger partial charge in [-0.15, -0.1) is 0 Å². The van der Waals surface area contributed by atoms with Crippen molar-refractivity contribution in [3.05, 3.63) is 0 Å². The Balaban J connectivity index is 2.17. The van der Waals surface area contributed by atoms with Crippen molar-refractivity contribution < 1.29 is 5.11 Å². The number of rotatable bonds is 4. The average Bonchev–Trinajstić information content (AvgIpc) is 2.07. The van der Waals surface area contributed by atoms with E-state index in [2.05, 4.69) is 26.1 Å². The maximum Gasteiger partial charge on any atom is 0.0541 e. The Morgan fingerprint density at radius 1 is 1.14 bits per heavy atom. The molecule has 1 atom stereocenters. The van der Waals surface area contributed by atoms with Crippen LogP contribution in [0.1, 0.15) is 52.9 Å². The molecule has 0 aromatic carbocycles. The van der Waals surface area contributed by atoms with E-state index in [-0.39, 0.29) is 6.10 Å². The molecule has 84 valence electrons. The molecule has 0 aliphatic heterocycles. The molecule has 0 amide bonds. The Labute approximate surface area is 88.1 Å². The lowest BCUT2D eigenvalue weighted by Crippen LogP contribution is -2.40. The van der Waals surface area contributed by atoms with Gasteiger partial charge in [0.15, 0.2) is 0 Å². The predicted octanol–water partition coefficient (Wildman–Crippen LogP) is 2.31. The van der Waals surface area contributed by atoms with E-state index in [0.29, 0.717) is 12.1 Å². The Morgan fingerprint density at radius 3 is 2.21 bits per heavy atom. The topological polar surface area (TPSA) is 32.3 Å². The SMILES string of the molecule is CC(C)CC(C)NC1CCC(O)CC1. The van der Waals surface area contributed by atoms with E-state index >= 15 is 0 Å². The number of hydrogen-bond donors (Lipinski definition) is 2. The van der Waals surface area contributed by atoms with Gasteiger partial charge in [-0.25, -0.2) is 0 Å². The van der Waals surface area contributed by atoms with Crippen molar-refractivity contribution in [2.75, 3.05) is 0 Å². The molecule has 0 radical (unpaired) electrons. The van der Waals surface area contributed by atoms with Crippen LogP contribution in [0.2, 0.25) is 0 Å². The van der Waals surface area contributed by atoms with E-state index in [9.17, 15) is 5.11 Å². The number of hydrogen-bond acceptors (Lipinski definition) is 2. The summed E-state index contributed by atoms with van der Waals surface area (Å²) in [5, 5.41) is 13.0. The van der Waals surface area contributed by atoms with Gasteiger partial charge in [-0.2, -0.15) is 0 Å². The van der Waals surface area contributed by atoms with Gasteiger partial charge >= 0.3 is 0 Å². The summed E-state index contributed by atoms with van der Waals surface area (Å²) in [4.78, 5) is 0. The van der Waals surface area contributed by atoms with Gasteiger partial charge in [-0.05, 0) is 44.9 Å². The molecule has 1 aliphatic rings. The van der Waals surface area contributed by atoms with Gasteiger partial charge < -0.3 is 10.4 Å². The molecule has 2 nitrogen and oxygen atoms in total. The van der Waals surface area contributed by atoms with E-state index in [1.54, 1.807) is 0 Å². The highest BCUT2D eigenvalue weighted by molar-refractivity contribution is 4.79. The monoisotopic (exact) mass is 199 g/mol. The van der Waals surface area contributed by atoms with E-state index in [1.165, 1.54) is 6.42 Å². The zero-order chi connectivity index (χ0) is 10.6. The van der Waals surface area contributed by atoms with Gasteiger partial charge in [0, 0.05) is 12.1 Å². The highest BCUT2D eigenvalue weighted by Crippen LogP contribution is 2.19. The lowest BCUT2D eigenvalue weighted by atomic mass is 9.92. The maximum absolute atomic E-state index is 9.38. The Kier molecular flexibility index (Phi) is 4.90. The van der Waals surface area contributed by atoms with Crippen LogP contribution < -0.4 is 5.32 Å². The van der Waals surface area contributed by atoms with Gasteiger partial charge in [0.25, 0.3) is 0 Å². The standard InChI is InChI=1S/C12H25NO/c1-9(2)8-10(3)13-11-4-6-12(14)7-5-11/h9-14H,4-8H2,1-3H3. The van der Waals surface area contributed by atoms with Crippen LogP contribution in [-0.2, 0) is 0 Å². The zero-order valence-corrected chi connectivity index (χ0v) is 9.79. The van der Waals surface area contributed by atoms with Crippen LogP contribution in [0.5, 0.6) is 0 Å². The molecule has 1 rings (SSSR count). The summed E-state index contributed by atoms with van der Waals surface area (Å²) in [6.07, 6.45) is 5.46. The largest absolute Gasteiger partial charge is 0.393 e. The third kappa shape index (κ3) is 4.43. The summed E-state index contributed by atoms with van der Waals surface area (Å²) in [5.41, 5.74) is 0. The van der Waals surface area contributed by atoms with Crippen molar-refractivity contribution in [1.82, 2.24) is 5.32 Å². The average molecular weight is 199 g/mol. The van der Waals surface area contributed by atoms with Crippen molar-refractivity contribution in [3.63, 3.8) is 0 Å². The van der Waals surface area contributed by atoms with Gasteiger partial charge in [0.2, 0.25) is 0 Å². The van der Waals surface area contributed by atoms with Crippen molar-refractivity contribution >= 4 is 0 Å². The third-order valence-electron chi connectivity index (χ3n) is 3.04. The van der Waals surface area contributed by atoms with Crippen LogP contribution in [0.4, 0.5) is 0 Å². The first-order valence-electron chi connectivity index (χ1n) is 6.02. The molecule has 0 spiro atoms. The molecular weight excluding hydrogens is 174 g/mol. The quantitative estimate of drug-likeness (QED) is 0.728. The molecule has 2 heteroatoms. The van der Waals surface area contributed by atoms with E-state index in [1.807, 2.05) is 0 Å². The molecule has 0 bridgehead atoms. The molecule has 1 aliphatic carbocycles. The van der Waals surface area contributed by atoms with Crippen LogP contribution in [-0.4, -0.2) is 23.3 Å². The molecular formula is C12H25NO. The molecule has 0 saturated heterocycles. The minimum absolute atomic E-state index is 0.0338. The number of aliphatic hydroxyl groups excluding tert-OH is 1. The maximum atomic E-state index is 9.38. The highest BCUT2D eigenvalue weighted by atomic mass is 16.3. The minimum Gasteiger partial charge on any atom is -0.393 e. The molecule has 2 N–H and O–H groups in total. The normalized spacial score (nSPS) is 30.6. The first-order valence-corrected chi connectivity index (χ1v) is 6.02. The smallest absolute Gasteiger partial charge is 0.0541 e. The van der Waals surface area contributed by atoms with Crippen molar-refractivity contribution in [2.45, 2.75) is 71.1 Å². The summed E-state index contributed by atoms with van der Waals surface area (Å²) in [6, 6.07) is 1.27. The molecule has 1 fully saturated rings. The molecule has 14 heavy (non-hydrogen) atoms. The van der Waals surface area contributed by atoms with Crippen LogP contribution in [0.15, 0.2) is 0 Å². The van der Waals surface area contributed by atoms with E-state index in [0.717, 1.165) is 31.6 Å². The third-order valence-corrected chi connectivity index (χ3v) is 3.04. The van der Waals surface area contributed by atoms with Crippen molar-refractivity contribution in [3.8, 4) is 0 Å². The fraction of sp³-hybridized carbons (Fsp3) is 1.00. The first-order chi connectivity index (χ1) is 6.58. The lowest BCUT2D eigenvalue weighted by molar-refractivity contribution is 0.114. The molecule has 1 unspecified atom stereocenters. The zero-order valence-electron chi connectivity index (χ0n) is 9.79. The van der Waals surface area contributed by atoms with Gasteiger partial charge in [0.1, 0.15) is 0 Å². The van der Waals surface area contributed by atoms with Crippen molar-refractivity contribution in [2.24, 2.45) is 5.92 Å². The van der Waals surface area contributed by atoms with Crippen molar-refractivity contribution in [1.29, 1.82) is 0 Å². The van der Waals surface area contributed by atoms with Crippen LogP contribution in [0, 0.1) is 5.92 Å². The van der Waals surface area contributed by atoms with Crippen LogP contribution >= 0.6 is 0 Å².